The number of hydrogen-bond donors (Lipinski definition) is 1. The first kappa shape index (κ1) is 14.9. The van der Waals surface area contributed by atoms with Crippen molar-refractivity contribution < 1.29 is 4.39 Å². The maximum atomic E-state index is 13.9. The summed E-state index contributed by atoms with van der Waals surface area (Å²) in [5.74, 6) is -0.284. The number of nitrogens with one attached hydrogen (secondary N) is 1. The van der Waals surface area contributed by atoms with Crippen molar-refractivity contribution in [2.24, 2.45) is 0 Å². The maximum absolute atomic E-state index is 13.9. The van der Waals surface area contributed by atoms with Crippen molar-refractivity contribution >= 4 is 11.6 Å². The molecule has 2 aromatic rings. The molecule has 1 aromatic heterocycles. The molecule has 1 unspecified atom stereocenters. The number of hydrogen-bond acceptors (Lipinski definition) is 2. The predicted octanol–water partition coefficient (Wildman–Crippen LogP) is 4.16. The first-order valence-electron chi connectivity index (χ1n) is 6.79. The second-order valence-electron chi connectivity index (χ2n) is 4.67. The summed E-state index contributed by atoms with van der Waals surface area (Å²) in [6.07, 6.45) is 3.22. The molecule has 4 heteroatoms. The lowest BCUT2D eigenvalue weighted by Gasteiger charge is -2.19. The van der Waals surface area contributed by atoms with Gasteiger partial charge in [-0.2, -0.15) is 0 Å². The van der Waals surface area contributed by atoms with Gasteiger partial charge in [-0.15, -0.1) is 0 Å². The van der Waals surface area contributed by atoms with Crippen LogP contribution >= 0.6 is 11.6 Å². The third kappa shape index (κ3) is 3.78. The second-order valence-corrected chi connectivity index (χ2v) is 5.08. The molecule has 0 fully saturated rings. The third-order valence-corrected chi connectivity index (χ3v) is 3.51. The lowest BCUT2D eigenvalue weighted by molar-refractivity contribution is 0.483. The molecular formula is C16H18ClFN2. The quantitative estimate of drug-likeness (QED) is 0.865. The van der Waals surface area contributed by atoms with E-state index in [1.807, 2.05) is 24.3 Å². The van der Waals surface area contributed by atoms with Crippen LogP contribution in [-0.4, -0.2) is 11.5 Å². The number of halogens is 2. The summed E-state index contributed by atoms with van der Waals surface area (Å²) in [5, 5.41) is 4.04. The Morgan fingerprint density at radius 2 is 2.05 bits per heavy atom. The van der Waals surface area contributed by atoms with Crippen molar-refractivity contribution in [1.29, 1.82) is 0 Å². The smallest absolute Gasteiger partial charge is 0.146 e. The Morgan fingerprint density at radius 3 is 2.75 bits per heavy atom. The fourth-order valence-electron chi connectivity index (χ4n) is 2.12. The summed E-state index contributed by atoms with van der Waals surface area (Å²) in [5.41, 5.74) is 1.44. The van der Waals surface area contributed by atoms with E-state index >= 15 is 0 Å². The molecule has 0 aliphatic carbocycles. The van der Waals surface area contributed by atoms with Crippen LogP contribution in [0.1, 0.15) is 30.6 Å². The molecule has 0 spiro atoms. The zero-order valence-corrected chi connectivity index (χ0v) is 12.2. The van der Waals surface area contributed by atoms with Crippen molar-refractivity contribution in [3.63, 3.8) is 0 Å². The van der Waals surface area contributed by atoms with E-state index in [2.05, 4.69) is 17.2 Å². The van der Waals surface area contributed by atoms with Crippen molar-refractivity contribution in [3.05, 3.63) is 64.7 Å². The van der Waals surface area contributed by atoms with Crippen LogP contribution in [0.4, 0.5) is 4.39 Å². The summed E-state index contributed by atoms with van der Waals surface area (Å²) in [6.45, 7) is 2.89. The van der Waals surface area contributed by atoms with E-state index in [1.54, 1.807) is 12.3 Å². The highest BCUT2D eigenvalue weighted by Gasteiger charge is 2.18. The molecule has 106 valence electrons. The van der Waals surface area contributed by atoms with Gasteiger partial charge >= 0.3 is 0 Å². The van der Waals surface area contributed by atoms with Gasteiger partial charge < -0.3 is 5.32 Å². The van der Waals surface area contributed by atoms with Crippen molar-refractivity contribution in [3.8, 4) is 0 Å². The van der Waals surface area contributed by atoms with E-state index in [1.165, 1.54) is 6.07 Å². The van der Waals surface area contributed by atoms with Crippen LogP contribution in [0, 0.1) is 5.82 Å². The SMILES string of the molecule is CCCNC(Cc1ccccc1Cl)c1ncccc1F. The zero-order valence-electron chi connectivity index (χ0n) is 11.4. The topological polar surface area (TPSA) is 24.9 Å². The summed E-state index contributed by atoms with van der Waals surface area (Å²) in [4.78, 5) is 4.18. The average Bonchev–Trinajstić information content (AvgIpc) is 2.46. The Kier molecular flexibility index (Phi) is 5.50. The Bertz CT molecular complexity index is 560. The van der Waals surface area contributed by atoms with Gasteiger partial charge in [0.25, 0.3) is 0 Å². The van der Waals surface area contributed by atoms with Gasteiger partial charge in [0.15, 0.2) is 0 Å². The number of rotatable bonds is 6. The molecule has 20 heavy (non-hydrogen) atoms. The number of nitrogens with zero attached hydrogens (tertiary/aromatic N) is 1. The largest absolute Gasteiger partial charge is 0.308 e. The molecule has 1 aromatic carbocycles. The number of pyridine rings is 1. The van der Waals surface area contributed by atoms with Gasteiger partial charge in [0, 0.05) is 11.2 Å². The van der Waals surface area contributed by atoms with E-state index in [0.29, 0.717) is 17.1 Å². The molecule has 1 atom stereocenters. The Labute approximate surface area is 124 Å². The molecule has 0 saturated carbocycles. The van der Waals surface area contributed by atoms with Crippen LogP contribution in [0.15, 0.2) is 42.6 Å². The highest BCUT2D eigenvalue weighted by Crippen LogP contribution is 2.23. The number of benzene rings is 1. The standard InChI is InChI=1S/C16H18ClFN2/c1-2-9-19-15(16-14(18)8-5-10-20-16)11-12-6-3-4-7-13(12)17/h3-8,10,15,19H,2,9,11H2,1H3. The van der Waals surface area contributed by atoms with E-state index < -0.39 is 0 Å². The van der Waals surface area contributed by atoms with Gasteiger partial charge in [-0.25, -0.2) is 4.39 Å². The first-order chi connectivity index (χ1) is 9.72. The molecule has 0 bridgehead atoms. The molecule has 0 aliphatic rings. The average molecular weight is 293 g/mol. The minimum atomic E-state index is -0.284. The molecule has 0 aliphatic heterocycles. The van der Waals surface area contributed by atoms with Gasteiger partial charge in [0.05, 0.1) is 11.7 Å². The highest BCUT2D eigenvalue weighted by molar-refractivity contribution is 6.31. The fourth-order valence-corrected chi connectivity index (χ4v) is 2.34. The summed E-state index contributed by atoms with van der Waals surface area (Å²) >= 11 is 6.19. The molecule has 1 N–H and O–H groups in total. The molecule has 0 radical (unpaired) electrons. The predicted molar refractivity (Wildman–Crippen MR) is 80.4 cm³/mol. The summed E-state index contributed by atoms with van der Waals surface area (Å²) in [7, 11) is 0. The molecule has 2 rings (SSSR count). The minimum Gasteiger partial charge on any atom is -0.308 e. The van der Waals surface area contributed by atoms with Crippen LogP contribution in [0.25, 0.3) is 0 Å². The highest BCUT2D eigenvalue weighted by atomic mass is 35.5. The van der Waals surface area contributed by atoms with E-state index in [0.717, 1.165) is 18.5 Å². The van der Waals surface area contributed by atoms with Crippen LogP contribution < -0.4 is 5.32 Å². The molecule has 0 saturated heterocycles. The van der Waals surface area contributed by atoms with Crippen molar-refractivity contribution in [1.82, 2.24) is 10.3 Å². The van der Waals surface area contributed by atoms with Gasteiger partial charge in [-0.05, 0) is 43.1 Å². The Morgan fingerprint density at radius 1 is 1.25 bits per heavy atom. The third-order valence-electron chi connectivity index (χ3n) is 3.14. The lowest BCUT2D eigenvalue weighted by atomic mass is 10.0. The maximum Gasteiger partial charge on any atom is 0.146 e. The summed E-state index contributed by atoms with van der Waals surface area (Å²) < 4.78 is 13.9. The normalized spacial score (nSPS) is 12.3. The summed E-state index contributed by atoms with van der Waals surface area (Å²) in [6, 6.07) is 10.5. The van der Waals surface area contributed by atoms with Gasteiger partial charge in [0.1, 0.15) is 5.82 Å². The Balaban J connectivity index is 2.24. The van der Waals surface area contributed by atoms with Crippen molar-refractivity contribution in [2.45, 2.75) is 25.8 Å². The molecule has 2 nitrogen and oxygen atoms in total. The van der Waals surface area contributed by atoms with Crippen LogP contribution in [0.2, 0.25) is 5.02 Å². The Hall–Kier alpha value is -1.45. The zero-order chi connectivity index (χ0) is 14.4. The van der Waals surface area contributed by atoms with Gasteiger partial charge in [-0.3, -0.25) is 4.98 Å². The van der Waals surface area contributed by atoms with E-state index in [9.17, 15) is 4.39 Å². The van der Waals surface area contributed by atoms with Gasteiger partial charge in [-0.1, -0.05) is 36.7 Å². The monoisotopic (exact) mass is 292 g/mol. The molecule has 1 heterocycles. The first-order valence-corrected chi connectivity index (χ1v) is 7.17. The van der Waals surface area contributed by atoms with Crippen LogP contribution in [0.5, 0.6) is 0 Å². The van der Waals surface area contributed by atoms with E-state index in [4.69, 9.17) is 11.6 Å². The van der Waals surface area contributed by atoms with Gasteiger partial charge in [0.2, 0.25) is 0 Å². The van der Waals surface area contributed by atoms with Crippen molar-refractivity contribution in [2.75, 3.05) is 6.54 Å². The fraction of sp³-hybridized carbons (Fsp3) is 0.312. The minimum absolute atomic E-state index is 0.170. The second kappa shape index (κ2) is 7.36. The molecule has 0 amide bonds. The van der Waals surface area contributed by atoms with E-state index in [-0.39, 0.29) is 11.9 Å². The lowest BCUT2D eigenvalue weighted by Crippen LogP contribution is -2.26. The number of aromatic nitrogens is 1. The molecular weight excluding hydrogens is 275 g/mol. The van der Waals surface area contributed by atoms with Crippen LogP contribution in [0.3, 0.4) is 0 Å². The van der Waals surface area contributed by atoms with Crippen LogP contribution in [-0.2, 0) is 6.42 Å².